The molecule has 4 nitrogen and oxygen atoms in total. The number of benzene rings is 1. The Bertz CT molecular complexity index is 514. The van der Waals surface area contributed by atoms with Gasteiger partial charge < -0.3 is 9.64 Å². The van der Waals surface area contributed by atoms with E-state index in [1.807, 2.05) is 11.8 Å². The summed E-state index contributed by atoms with van der Waals surface area (Å²) >= 11 is 0. The summed E-state index contributed by atoms with van der Waals surface area (Å²) < 4.78 is 5.37. The molecule has 0 aliphatic carbocycles. The second-order valence-electron chi connectivity index (χ2n) is 5.75. The highest BCUT2D eigenvalue weighted by atomic mass is 16.5. The Kier molecular flexibility index (Phi) is 5.23. The van der Waals surface area contributed by atoms with Crippen molar-refractivity contribution in [2.75, 3.05) is 33.3 Å². The van der Waals surface area contributed by atoms with Crippen LogP contribution in [-0.2, 0) is 11.3 Å². The zero-order chi connectivity index (χ0) is 15.4. The van der Waals surface area contributed by atoms with Gasteiger partial charge in [0.05, 0.1) is 7.11 Å². The summed E-state index contributed by atoms with van der Waals surface area (Å²) in [6.07, 6.45) is 0.627. The van der Waals surface area contributed by atoms with Gasteiger partial charge in [-0.15, -0.1) is 0 Å². The first-order valence-electron chi connectivity index (χ1n) is 7.69. The molecular weight excluding hydrogens is 264 g/mol. The van der Waals surface area contributed by atoms with Crippen LogP contribution in [0.5, 0.6) is 5.75 Å². The quantitative estimate of drug-likeness (QED) is 0.853. The highest BCUT2D eigenvalue weighted by molar-refractivity contribution is 5.76. The fourth-order valence-electron chi connectivity index (χ4n) is 2.88. The molecule has 1 aliphatic rings. The average Bonchev–Trinajstić information content (AvgIpc) is 2.64. The molecule has 1 aliphatic heterocycles. The molecule has 0 unspecified atom stereocenters. The van der Waals surface area contributed by atoms with Crippen molar-refractivity contribution < 1.29 is 9.53 Å². The van der Waals surface area contributed by atoms with E-state index in [0.717, 1.165) is 38.5 Å². The van der Waals surface area contributed by atoms with Crippen LogP contribution in [0.25, 0.3) is 0 Å². The van der Waals surface area contributed by atoms with Gasteiger partial charge in [-0.2, -0.15) is 0 Å². The molecule has 116 valence electrons. The van der Waals surface area contributed by atoms with Gasteiger partial charge in [0.2, 0.25) is 5.91 Å². The summed E-state index contributed by atoms with van der Waals surface area (Å²) in [4.78, 5) is 16.3. The van der Waals surface area contributed by atoms with Crippen LogP contribution in [0.1, 0.15) is 30.0 Å². The molecule has 1 heterocycles. The summed E-state index contributed by atoms with van der Waals surface area (Å²) in [5.41, 5.74) is 3.74. The lowest BCUT2D eigenvalue weighted by molar-refractivity contribution is -0.130. The second kappa shape index (κ2) is 6.94. The number of rotatable bonds is 4. The number of hydrogen-bond donors (Lipinski definition) is 0. The van der Waals surface area contributed by atoms with Crippen molar-refractivity contribution in [3.05, 3.63) is 28.8 Å². The van der Waals surface area contributed by atoms with Gasteiger partial charge in [-0.05, 0) is 43.5 Å². The van der Waals surface area contributed by atoms with Crippen LogP contribution in [0.2, 0.25) is 0 Å². The van der Waals surface area contributed by atoms with E-state index in [4.69, 9.17) is 4.74 Å². The number of carbonyl (C=O) groups excluding carboxylic acids is 1. The summed E-state index contributed by atoms with van der Waals surface area (Å²) in [5, 5.41) is 0. The van der Waals surface area contributed by atoms with Gasteiger partial charge in [0.25, 0.3) is 0 Å². The van der Waals surface area contributed by atoms with E-state index in [0.29, 0.717) is 6.42 Å². The Morgan fingerprint density at radius 2 is 1.90 bits per heavy atom. The highest BCUT2D eigenvalue weighted by Gasteiger charge is 2.20. The molecule has 1 aromatic carbocycles. The Labute approximate surface area is 127 Å². The number of nitrogens with zero attached hydrogens (tertiary/aromatic N) is 2. The van der Waals surface area contributed by atoms with Gasteiger partial charge in [-0.1, -0.05) is 6.07 Å². The van der Waals surface area contributed by atoms with Crippen LogP contribution >= 0.6 is 0 Å². The van der Waals surface area contributed by atoms with Gasteiger partial charge in [-0.25, -0.2) is 0 Å². The summed E-state index contributed by atoms with van der Waals surface area (Å²) in [6.45, 7) is 10.6. The molecule has 1 fully saturated rings. The molecule has 0 spiro atoms. The summed E-state index contributed by atoms with van der Waals surface area (Å²) in [7, 11) is 1.71. The first kappa shape index (κ1) is 15.8. The van der Waals surface area contributed by atoms with Crippen molar-refractivity contribution in [2.45, 2.75) is 33.7 Å². The van der Waals surface area contributed by atoms with E-state index in [2.05, 4.69) is 30.9 Å². The van der Waals surface area contributed by atoms with Crippen LogP contribution in [0, 0.1) is 13.8 Å². The molecule has 4 heteroatoms. The monoisotopic (exact) mass is 290 g/mol. The Balaban J connectivity index is 2.08. The number of amides is 1. The van der Waals surface area contributed by atoms with Crippen molar-refractivity contribution in [3.8, 4) is 5.75 Å². The first-order valence-corrected chi connectivity index (χ1v) is 7.69. The Morgan fingerprint density at radius 1 is 1.14 bits per heavy atom. The Hall–Kier alpha value is -1.55. The standard InChI is InChI=1S/C17H26N2O2/c1-5-19-9-8-18(7-6-17(19)20)12-15-10-14(3)16(21-4)11-13(15)2/h10-11H,5-9,12H2,1-4H3. The third kappa shape index (κ3) is 3.76. The fourth-order valence-corrected chi connectivity index (χ4v) is 2.88. The smallest absolute Gasteiger partial charge is 0.223 e. The molecule has 0 saturated carbocycles. The average molecular weight is 290 g/mol. The fraction of sp³-hybridized carbons (Fsp3) is 0.588. The van der Waals surface area contributed by atoms with Crippen molar-refractivity contribution in [1.29, 1.82) is 0 Å². The number of likely N-dealkylation sites (N-methyl/N-ethyl adjacent to an activating group) is 1. The van der Waals surface area contributed by atoms with E-state index in [-0.39, 0.29) is 5.91 Å². The zero-order valence-electron chi connectivity index (χ0n) is 13.6. The van der Waals surface area contributed by atoms with Crippen LogP contribution in [0.15, 0.2) is 12.1 Å². The molecular formula is C17H26N2O2. The van der Waals surface area contributed by atoms with Crippen LogP contribution in [-0.4, -0.2) is 49.0 Å². The molecule has 21 heavy (non-hydrogen) atoms. The van der Waals surface area contributed by atoms with Crippen LogP contribution in [0.4, 0.5) is 0 Å². The van der Waals surface area contributed by atoms with Crippen molar-refractivity contribution in [1.82, 2.24) is 9.80 Å². The van der Waals surface area contributed by atoms with Gasteiger partial charge in [0.1, 0.15) is 5.75 Å². The molecule has 1 amide bonds. The minimum atomic E-state index is 0.280. The largest absolute Gasteiger partial charge is 0.496 e. The molecule has 0 bridgehead atoms. The van der Waals surface area contributed by atoms with Crippen molar-refractivity contribution in [2.24, 2.45) is 0 Å². The number of ether oxygens (including phenoxy) is 1. The number of aryl methyl sites for hydroxylation is 2. The van der Waals surface area contributed by atoms with E-state index in [1.165, 1.54) is 16.7 Å². The molecule has 0 atom stereocenters. The maximum atomic E-state index is 11.9. The normalized spacial score (nSPS) is 17.0. The molecule has 0 aromatic heterocycles. The lowest BCUT2D eigenvalue weighted by atomic mass is 10.0. The number of carbonyl (C=O) groups is 1. The van der Waals surface area contributed by atoms with E-state index >= 15 is 0 Å². The van der Waals surface area contributed by atoms with Gasteiger partial charge in [0.15, 0.2) is 0 Å². The topological polar surface area (TPSA) is 32.8 Å². The molecule has 1 saturated heterocycles. The van der Waals surface area contributed by atoms with Gasteiger partial charge >= 0.3 is 0 Å². The summed E-state index contributed by atoms with van der Waals surface area (Å²) in [5.74, 6) is 1.22. The minimum Gasteiger partial charge on any atom is -0.496 e. The summed E-state index contributed by atoms with van der Waals surface area (Å²) in [6, 6.07) is 4.31. The molecule has 0 N–H and O–H groups in total. The maximum Gasteiger partial charge on any atom is 0.223 e. The highest BCUT2D eigenvalue weighted by Crippen LogP contribution is 2.23. The van der Waals surface area contributed by atoms with Crippen LogP contribution < -0.4 is 4.74 Å². The zero-order valence-corrected chi connectivity index (χ0v) is 13.6. The molecule has 2 rings (SSSR count). The van der Waals surface area contributed by atoms with Gasteiger partial charge in [0, 0.05) is 39.1 Å². The number of hydrogen-bond acceptors (Lipinski definition) is 3. The van der Waals surface area contributed by atoms with E-state index < -0.39 is 0 Å². The van der Waals surface area contributed by atoms with Crippen LogP contribution in [0.3, 0.4) is 0 Å². The first-order chi connectivity index (χ1) is 10.0. The second-order valence-corrected chi connectivity index (χ2v) is 5.75. The molecule has 1 aromatic rings. The van der Waals surface area contributed by atoms with Crippen molar-refractivity contribution >= 4 is 5.91 Å². The van der Waals surface area contributed by atoms with E-state index in [9.17, 15) is 4.79 Å². The number of methoxy groups -OCH3 is 1. The third-order valence-electron chi connectivity index (χ3n) is 4.31. The minimum absolute atomic E-state index is 0.280. The predicted octanol–water partition coefficient (Wildman–Crippen LogP) is 2.37. The predicted molar refractivity (Wildman–Crippen MR) is 84.6 cm³/mol. The lowest BCUT2D eigenvalue weighted by Crippen LogP contribution is -2.32. The molecule has 0 radical (unpaired) electrons. The van der Waals surface area contributed by atoms with Crippen molar-refractivity contribution in [3.63, 3.8) is 0 Å². The van der Waals surface area contributed by atoms with E-state index in [1.54, 1.807) is 7.11 Å². The lowest BCUT2D eigenvalue weighted by Gasteiger charge is -2.22. The maximum absolute atomic E-state index is 11.9. The third-order valence-corrected chi connectivity index (χ3v) is 4.31. The van der Waals surface area contributed by atoms with Gasteiger partial charge in [-0.3, -0.25) is 9.69 Å². The SMILES string of the molecule is CCN1CCN(Cc2cc(C)c(OC)cc2C)CCC1=O. The Morgan fingerprint density at radius 3 is 2.57 bits per heavy atom.